The topological polar surface area (TPSA) is 112 Å². The number of sulfonamides is 1. The highest BCUT2D eigenvalue weighted by Gasteiger charge is 2.17. The molecule has 8 heteroatoms. The fourth-order valence-electron chi connectivity index (χ4n) is 1.53. The maximum atomic E-state index is 12.1. The number of nitrogens with one attached hydrogen (secondary N) is 1. The van der Waals surface area contributed by atoms with E-state index < -0.39 is 10.0 Å². The molecule has 2 rings (SSSR count). The van der Waals surface area contributed by atoms with Gasteiger partial charge in [-0.3, -0.25) is 4.72 Å². The van der Waals surface area contributed by atoms with Gasteiger partial charge in [0.15, 0.2) is 0 Å². The SMILES string of the molecule is COc1ccc(NS(=O)(=O)c2ccc(C#N)nc2)c(O)c1. The van der Waals surface area contributed by atoms with Crippen molar-refractivity contribution in [3.05, 3.63) is 42.2 Å². The molecule has 0 bridgehead atoms. The van der Waals surface area contributed by atoms with Crippen molar-refractivity contribution in [1.29, 1.82) is 5.26 Å². The molecule has 21 heavy (non-hydrogen) atoms. The van der Waals surface area contributed by atoms with Gasteiger partial charge in [-0.05, 0) is 24.3 Å². The van der Waals surface area contributed by atoms with Crippen molar-refractivity contribution in [3.63, 3.8) is 0 Å². The molecule has 0 aliphatic rings. The third-order valence-electron chi connectivity index (χ3n) is 2.61. The van der Waals surface area contributed by atoms with Crippen LogP contribution in [0.2, 0.25) is 0 Å². The van der Waals surface area contributed by atoms with E-state index in [2.05, 4.69) is 9.71 Å². The number of pyridine rings is 1. The Labute approximate surface area is 121 Å². The van der Waals surface area contributed by atoms with Crippen molar-refractivity contribution in [2.45, 2.75) is 4.90 Å². The molecule has 0 saturated carbocycles. The zero-order valence-corrected chi connectivity index (χ0v) is 11.8. The second-order valence-corrected chi connectivity index (χ2v) is 5.66. The van der Waals surface area contributed by atoms with E-state index in [9.17, 15) is 13.5 Å². The highest BCUT2D eigenvalue weighted by Crippen LogP contribution is 2.29. The lowest BCUT2D eigenvalue weighted by atomic mass is 10.3. The number of rotatable bonds is 4. The molecule has 0 radical (unpaired) electrons. The van der Waals surface area contributed by atoms with Gasteiger partial charge in [-0.25, -0.2) is 13.4 Å². The smallest absolute Gasteiger partial charge is 0.263 e. The van der Waals surface area contributed by atoms with E-state index in [1.807, 2.05) is 0 Å². The van der Waals surface area contributed by atoms with Crippen molar-refractivity contribution < 1.29 is 18.3 Å². The summed E-state index contributed by atoms with van der Waals surface area (Å²) in [6.07, 6.45) is 1.07. The predicted molar refractivity (Wildman–Crippen MR) is 74.4 cm³/mol. The average Bonchev–Trinajstić information content (AvgIpc) is 2.49. The Morgan fingerprint density at radius 3 is 2.62 bits per heavy atom. The van der Waals surface area contributed by atoms with Gasteiger partial charge in [-0.15, -0.1) is 0 Å². The lowest BCUT2D eigenvalue weighted by Crippen LogP contribution is -2.13. The standard InChI is InChI=1S/C13H11N3O4S/c1-20-10-3-5-12(13(17)6-10)16-21(18,19)11-4-2-9(7-14)15-8-11/h2-6,8,16-17H,1H3. The van der Waals surface area contributed by atoms with E-state index in [1.54, 1.807) is 6.07 Å². The normalized spacial score (nSPS) is 10.7. The van der Waals surface area contributed by atoms with Crippen molar-refractivity contribution in [3.8, 4) is 17.6 Å². The molecular weight excluding hydrogens is 294 g/mol. The summed E-state index contributed by atoms with van der Waals surface area (Å²) >= 11 is 0. The van der Waals surface area contributed by atoms with Gasteiger partial charge in [0.05, 0.1) is 12.8 Å². The van der Waals surface area contributed by atoms with Crippen molar-refractivity contribution >= 4 is 15.7 Å². The molecular formula is C13H11N3O4S. The molecule has 0 saturated heterocycles. The summed E-state index contributed by atoms with van der Waals surface area (Å²) in [7, 11) is -2.47. The van der Waals surface area contributed by atoms with E-state index >= 15 is 0 Å². The summed E-state index contributed by atoms with van der Waals surface area (Å²) in [6.45, 7) is 0. The Morgan fingerprint density at radius 1 is 1.33 bits per heavy atom. The van der Waals surface area contributed by atoms with Crippen LogP contribution in [0.5, 0.6) is 11.5 Å². The minimum atomic E-state index is -3.90. The van der Waals surface area contributed by atoms with Crippen LogP contribution in [0.15, 0.2) is 41.4 Å². The molecule has 108 valence electrons. The summed E-state index contributed by atoms with van der Waals surface area (Å²) in [5.41, 5.74) is 0.126. The number of ether oxygens (including phenoxy) is 1. The summed E-state index contributed by atoms with van der Waals surface area (Å²) in [5.74, 6) is 0.134. The number of benzene rings is 1. The van der Waals surface area contributed by atoms with Crippen LogP contribution in [-0.4, -0.2) is 25.6 Å². The van der Waals surface area contributed by atoms with Crippen LogP contribution in [-0.2, 0) is 10.0 Å². The number of phenols is 1. The number of hydrogen-bond acceptors (Lipinski definition) is 6. The highest BCUT2D eigenvalue weighted by molar-refractivity contribution is 7.92. The second kappa shape index (κ2) is 5.68. The number of aromatic hydroxyl groups is 1. The highest BCUT2D eigenvalue weighted by atomic mass is 32.2. The lowest BCUT2D eigenvalue weighted by Gasteiger charge is -2.10. The van der Waals surface area contributed by atoms with Crippen LogP contribution in [0.3, 0.4) is 0 Å². The third-order valence-corrected chi connectivity index (χ3v) is 3.96. The largest absolute Gasteiger partial charge is 0.506 e. The van der Waals surface area contributed by atoms with Crippen molar-refractivity contribution in [1.82, 2.24) is 4.98 Å². The minimum absolute atomic E-state index is 0.0140. The monoisotopic (exact) mass is 305 g/mol. The Balaban J connectivity index is 2.30. The first-order valence-electron chi connectivity index (χ1n) is 5.72. The summed E-state index contributed by atoms with van der Waals surface area (Å²) in [4.78, 5) is 3.58. The van der Waals surface area contributed by atoms with Crippen LogP contribution in [0.1, 0.15) is 5.69 Å². The number of methoxy groups -OCH3 is 1. The molecule has 0 spiro atoms. The molecule has 1 aromatic heterocycles. The van der Waals surface area contributed by atoms with Crippen LogP contribution in [0.25, 0.3) is 0 Å². The van der Waals surface area contributed by atoms with Gasteiger partial charge in [-0.1, -0.05) is 0 Å². The first kappa shape index (κ1) is 14.6. The maximum Gasteiger partial charge on any atom is 0.263 e. The van der Waals surface area contributed by atoms with Gasteiger partial charge in [0.1, 0.15) is 28.2 Å². The molecule has 2 aromatic rings. The van der Waals surface area contributed by atoms with Crippen molar-refractivity contribution in [2.24, 2.45) is 0 Å². The average molecular weight is 305 g/mol. The molecule has 0 atom stereocenters. The van der Waals surface area contributed by atoms with Gasteiger partial charge in [0, 0.05) is 12.3 Å². The molecule has 0 aliphatic carbocycles. The predicted octanol–water partition coefficient (Wildman–Crippen LogP) is 1.47. The summed E-state index contributed by atoms with van der Waals surface area (Å²) in [6, 6.07) is 8.52. The van der Waals surface area contributed by atoms with E-state index in [1.165, 1.54) is 37.4 Å². The summed E-state index contributed by atoms with van der Waals surface area (Å²) < 4.78 is 31.4. The van der Waals surface area contributed by atoms with Crippen LogP contribution >= 0.6 is 0 Å². The van der Waals surface area contributed by atoms with Crippen LogP contribution in [0.4, 0.5) is 5.69 Å². The number of nitriles is 1. The molecule has 2 N–H and O–H groups in total. The molecule has 0 aliphatic heterocycles. The van der Waals surface area contributed by atoms with Crippen LogP contribution in [0, 0.1) is 11.3 Å². The minimum Gasteiger partial charge on any atom is -0.506 e. The Hall–Kier alpha value is -2.79. The van der Waals surface area contributed by atoms with Gasteiger partial charge >= 0.3 is 0 Å². The zero-order chi connectivity index (χ0) is 15.5. The second-order valence-electron chi connectivity index (χ2n) is 3.98. The number of anilines is 1. The Bertz CT molecular complexity index is 795. The molecule has 7 nitrogen and oxygen atoms in total. The molecule has 0 fully saturated rings. The van der Waals surface area contributed by atoms with Gasteiger partial charge in [0.25, 0.3) is 10.0 Å². The lowest BCUT2D eigenvalue weighted by molar-refractivity contribution is 0.408. The van der Waals surface area contributed by atoms with E-state index in [0.29, 0.717) is 5.75 Å². The first-order valence-corrected chi connectivity index (χ1v) is 7.20. The molecule has 0 unspecified atom stereocenters. The molecule has 1 aromatic carbocycles. The molecule has 1 heterocycles. The van der Waals surface area contributed by atoms with E-state index in [4.69, 9.17) is 10.00 Å². The number of nitrogens with zero attached hydrogens (tertiary/aromatic N) is 2. The van der Waals surface area contributed by atoms with Gasteiger partial charge < -0.3 is 9.84 Å². The fourth-order valence-corrected chi connectivity index (χ4v) is 2.55. The quantitative estimate of drug-likeness (QED) is 0.827. The van der Waals surface area contributed by atoms with Gasteiger partial charge in [-0.2, -0.15) is 5.26 Å². The molecule has 0 amide bonds. The Morgan fingerprint density at radius 2 is 2.10 bits per heavy atom. The van der Waals surface area contributed by atoms with Crippen LogP contribution < -0.4 is 9.46 Å². The third kappa shape index (κ3) is 3.21. The van der Waals surface area contributed by atoms with E-state index in [-0.39, 0.29) is 22.0 Å². The zero-order valence-electron chi connectivity index (χ0n) is 10.9. The number of aromatic nitrogens is 1. The summed E-state index contributed by atoms with van der Waals surface area (Å²) in [5, 5.41) is 18.4. The fraction of sp³-hybridized carbons (Fsp3) is 0.0769. The van der Waals surface area contributed by atoms with E-state index in [0.717, 1.165) is 6.20 Å². The maximum absolute atomic E-state index is 12.1. The first-order chi connectivity index (χ1) is 9.96. The van der Waals surface area contributed by atoms with Crippen molar-refractivity contribution in [2.75, 3.05) is 11.8 Å². The number of hydrogen-bond donors (Lipinski definition) is 2. The number of phenolic OH excluding ortho intramolecular Hbond substituents is 1. The Kier molecular flexibility index (Phi) is 3.95. The van der Waals surface area contributed by atoms with Gasteiger partial charge in [0.2, 0.25) is 0 Å².